The summed E-state index contributed by atoms with van der Waals surface area (Å²) in [5.41, 5.74) is 7.16. The van der Waals surface area contributed by atoms with Crippen LogP contribution in [0.25, 0.3) is 10.4 Å². The molecule has 6 heterocycles. The van der Waals surface area contributed by atoms with E-state index in [0.717, 1.165) is 27.3 Å². The number of aryl methyl sites for hydroxylation is 2. The number of hydrogen-bond donors (Lipinski definition) is 3. The van der Waals surface area contributed by atoms with E-state index in [2.05, 4.69) is 36.1 Å². The van der Waals surface area contributed by atoms with Crippen LogP contribution in [-0.4, -0.2) is 95.1 Å². The first-order valence-corrected chi connectivity index (χ1v) is 23.7. The highest BCUT2D eigenvalue weighted by atomic mass is 32.1. The molecule has 2 fully saturated rings. The minimum absolute atomic E-state index is 0.0142. The first kappa shape index (κ1) is 45.6. The molecule has 350 valence electrons. The maximum atomic E-state index is 14.7. The zero-order chi connectivity index (χ0) is 47.1. The summed E-state index contributed by atoms with van der Waals surface area (Å²) in [5.74, 6) is -5.38. The molecule has 2 aliphatic heterocycles. The van der Waals surface area contributed by atoms with Gasteiger partial charge in [-0.05, 0) is 55.7 Å². The quantitative estimate of drug-likeness (QED) is 0.0986. The number of benzene rings is 2. The molecule has 0 saturated carbocycles. The summed E-state index contributed by atoms with van der Waals surface area (Å²) in [6.07, 6.45) is 3.88. The third kappa shape index (κ3) is 9.27. The molecule has 4 amide bonds. The summed E-state index contributed by atoms with van der Waals surface area (Å²) in [4.78, 5) is 65.1. The molecular weight excluding hydrogens is 879 g/mol. The number of likely N-dealkylation sites (tertiary alicyclic amines) is 2. The lowest BCUT2D eigenvalue weighted by molar-refractivity contribution is -0.142. The number of rotatable bonds is 14. The highest BCUT2D eigenvalue weighted by Gasteiger charge is 2.45. The molecule has 5 unspecified atom stereocenters. The van der Waals surface area contributed by atoms with Gasteiger partial charge in [0.2, 0.25) is 17.7 Å². The predicted octanol–water partition coefficient (Wildman–Crippen LogP) is 7.68. The highest BCUT2D eigenvalue weighted by molar-refractivity contribution is 7.13. The summed E-state index contributed by atoms with van der Waals surface area (Å²) < 4.78 is 36.6. The van der Waals surface area contributed by atoms with Crippen LogP contribution in [0.4, 0.5) is 14.5 Å². The number of nitrogens with one attached hydrogen (secondary N) is 3. The predicted molar refractivity (Wildman–Crippen MR) is 246 cm³/mol. The fourth-order valence-electron chi connectivity index (χ4n) is 9.78. The Balaban J connectivity index is 0.908. The Labute approximate surface area is 390 Å². The number of hydrogen-bond acceptors (Lipinski definition) is 10. The maximum absolute atomic E-state index is 14.7. The van der Waals surface area contributed by atoms with E-state index in [1.54, 1.807) is 50.5 Å². The van der Waals surface area contributed by atoms with Crippen molar-refractivity contribution in [2.24, 2.45) is 17.8 Å². The Morgan fingerprint density at radius 1 is 1.03 bits per heavy atom. The molecule has 3 N–H and O–H groups in total. The molecule has 18 heteroatoms. The second-order valence-corrected chi connectivity index (χ2v) is 19.4. The number of anilines is 1. The summed E-state index contributed by atoms with van der Waals surface area (Å²) in [5, 5.41) is 21.5. The number of aromatic amines is 1. The Morgan fingerprint density at radius 2 is 1.79 bits per heavy atom. The van der Waals surface area contributed by atoms with E-state index < -0.39 is 42.2 Å². The van der Waals surface area contributed by atoms with Crippen LogP contribution in [0, 0.1) is 31.6 Å². The van der Waals surface area contributed by atoms with Gasteiger partial charge in [-0.25, -0.2) is 13.8 Å². The summed E-state index contributed by atoms with van der Waals surface area (Å²) in [6, 6.07) is 17.6. The van der Waals surface area contributed by atoms with Gasteiger partial charge < -0.3 is 25.0 Å². The molecule has 15 nitrogen and oxygen atoms in total. The van der Waals surface area contributed by atoms with Crippen LogP contribution in [0.5, 0.6) is 0 Å². The van der Waals surface area contributed by atoms with E-state index in [4.69, 9.17) is 4.52 Å². The normalized spacial score (nSPS) is 19.4. The Morgan fingerprint density at radius 3 is 2.48 bits per heavy atom. The average molecular weight is 933 g/mol. The average Bonchev–Trinajstić information content (AvgIpc) is 4.15. The Kier molecular flexibility index (Phi) is 12.7. The zero-order valence-electron chi connectivity index (χ0n) is 38.0. The maximum Gasteiger partial charge on any atom is 0.276 e. The van der Waals surface area contributed by atoms with Crippen molar-refractivity contribution in [1.29, 1.82) is 0 Å². The Hall–Kier alpha value is -6.56. The number of thiazole rings is 1. The molecule has 6 aromatic rings. The SMILES string of the molecule is Cc1cc(C(C(=O)N2CCCC2C(=O)NC(CC(=O)N2CC(C(c3ccccc3)n3cc(NC(=O)c4n[nH]c5c4CC(F)(F)C(C)C5)cn3)C2)c2ccc(-c3scnc3C)cc2)C(C)C)on1. The number of carbonyl (C=O) groups is 4. The molecule has 2 saturated heterocycles. The summed E-state index contributed by atoms with van der Waals surface area (Å²) in [7, 11) is 0. The van der Waals surface area contributed by atoms with Crippen LogP contribution in [0.1, 0.15) is 108 Å². The van der Waals surface area contributed by atoms with Crippen molar-refractivity contribution < 1.29 is 32.5 Å². The number of H-pyrrole nitrogens is 1. The number of nitrogens with zero attached hydrogens (tertiary/aromatic N) is 7. The minimum Gasteiger partial charge on any atom is -0.360 e. The van der Waals surface area contributed by atoms with E-state index in [1.807, 2.05) is 75.4 Å². The monoisotopic (exact) mass is 932 g/mol. The van der Waals surface area contributed by atoms with Crippen molar-refractivity contribution in [1.82, 2.24) is 45.2 Å². The number of fused-ring (bicyclic) bond motifs is 1. The van der Waals surface area contributed by atoms with Crippen molar-refractivity contribution in [3.63, 3.8) is 0 Å². The summed E-state index contributed by atoms with van der Waals surface area (Å²) in [6.45, 7) is 10.4. The van der Waals surface area contributed by atoms with Gasteiger partial charge in [0.05, 0.1) is 52.2 Å². The lowest BCUT2D eigenvalue weighted by Crippen LogP contribution is -2.54. The van der Waals surface area contributed by atoms with E-state index in [-0.39, 0.29) is 59.7 Å². The van der Waals surface area contributed by atoms with Gasteiger partial charge in [0.1, 0.15) is 17.7 Å². The van der Waals surface area contributed by atoms with Gasteiger partial charge in [-0.15, -0.1) is 11.3 Å². The number of halogens is 2. The van der Waals surface area contributed by atoms with Gasteiger partial charge >= 0.3 is 0 Å². The van der Waals surface area contributed by atoms with E-state index in [0.29, 0.717) is 55.3 Å². The first-order valence-electron chi connectivity index (χ1n) is 22.8. The van der Waals surface area contributed by atoms with E-state index >= 15 is 0 Å². The van der Waals surface area contributed by atoms with Gasteiger partial charge in [0, 0.05) is 61.4 Å². The third-order valence-electron chi connectivity index (χ3n) is 13.5. The van der Waals surface area contributed by atoms with Crippen molar-refractivity contribution in [2.75, 3.05) is 25.0 Å². The zero-order valence-corrected chi connectivity index (χ0v) is 38.9. The molecule has 3 aliphatic rings. The van der Waals surface area contributed by atoms with Gasteiger partial charge in [-0.3, -0.25) is 29.0 Å². The van der Waals surface area contributed by atoms with E-state index in [9.17, 15) is 28.0 Å². The minimum atomic E-state index is -2.95. The molecular formula is C49H54F2N10O5S. The smallest absolute Gasteiger partial charge is 0.276 e. The molecule has 9 rings (SSSR count). The van der Waals surface area contributed by atoms with Crippen LogP contribution < -0.4 is 10.6 Å². The fraction of sp³-hybridized carbons (Fsp3) is 0.429. The highest BCUT2D eigenvalue weighted by Crippen LogP contribution is 2.39. The molecule has 4 aromatic heterocycles. The standard InChI is InChI=1S/C49H54F2N10O5S/c1-27(2)42(40-19-29(4)58-66-40)48(65)60-17-9-12-39(60)46(63)55-37(31-13-15-33(16-14-31)45-30(5)52-26-67-45)20-41(62)59-23-34(24-59)44(32-10-7-6-8-11-32)61-25-35(22-53-61)54-47(64)43-36-21-49(50,51)28(3)18-38(36)56-57-43/h6-8,10-11,13-16,19,22,25-28,34,37,39,42,44H,9,12,17-18,20-21,23-24H2,1-5H3,(H,54,64)(H,55,63)(H,56,57). The lowest BCUT2D eigenvalue weighted by atomic mass is 9.84. The number of carbonyl (C=O) groups excluding carboxylic acids is 4. The van der Waals surface area contributed by atoms with Crippen LogP contribution in [0.15, 0.2) is 83.1 Å². The fourth-order valence-corrected chi connectivity index (χ4v) is 10.6. The first-order chi connectivity index (χ1) is 32.1. The Bertz CT molecular complexity index is 2760. The van der Waals surface area contributed by atoms with Crippen molar-refractivity contribution in [2.45, 2.75) is 96.7 Å². The molecule has 0 bridgehead atoms. The third-order valence-corrected chi connectivity index (χ3v) is 14.5. The van der Waals surface area contributed by atoms with Gasteiger partial charge in [-0.1, -0.05) is 80.5 Å². The number of amides is 4. The van der Waals surface area contributed by atoms with Crippen molar-refractivity contribution in [3.8, 4) is 10.4 Å². The van der Waals surface area contributed by atoms with Gasteiger partial charge in [-0.2, -0.15) is 10.2 Å². The van der Waals surface area contributed by atoms with E-state index in [1.165, 1.54) is 13.1 Å². The van der Waals surface area contributed by atoms with Crippen LogP contribution >= 0.6 is 11.3 Å². The molecule has 67 heavy (non-hydrogen) atoms. The largest absolute Gasteiger partial charge is 0.360 e. The van der Waals surface area contributed by atoms with Crippen LogP contribution in [-0.2, 0) is 27.2 Å². The lowest BCUT2D eigenvalue weighted by Gasteiger charge is -2.44. The van der Waals surface area contributed by atoms with Gasteiger partial charge in [0.25, 0.3) is 11.8 Å². The number of aromatic nitrogens is 6. The topological polar surface area (TPSA) is 184 Å². The van der Waals surface area contributed by atoms with Crippen LogP contribution in [0.2, 0.25) is 0 Å². The molecule has 5 atom stereocenters. The molecule has 1 aliphatic carbocycles. The molecule has 0 radical (unpaired) electrons. The van der Waals surface area contributed by atoms with Crippen molar-refractivity contribution in [3.05, 3.63) is 124 Å². The van der Waals surface area contributed by atoms with Crippen molar-refractivity contribution >= 4 is 40.7 Å². The van der Waals surface area contributed by atoms with Gasteiger partial charge in [0.15, 0.2) is 5.69 Å². The van der Waals surface area contributed by atoms with Crippen LogP contribution in [0.3, 0.4) is 0 Å². The second-order valence-electron chi connectivity index (χ2n) is 18.6. The number of alkyl halides is 2. The summed E-state index contributed by atoms with van der Waals surface area (Å²) >= 11 is 1.54. The molecule has 2 aromatic carbocycles. The second kappa shape index (κ2) is 18.6. The molecule has 0 spiro atoms.